The Balaban J connectivity index is 1.35. The lowest BCUT2D eigenvalue weighted by Crippen LogP contribution is -2.14. The number of thiazole rings is 1. The van der Waals surface area contributed by atoms with Crippen molar-refractivity contribution in [2.45, 2.75) is 18.9 Å². The van der Waals surface area contributed by atoms with E-state index >= 15 is 0 Å². The number of thioether (sulfide) groups is 1. The SMILES string of the molecule is COc1ccc(-c2csc(NC(=O)CSc3ccc(-n4nc(C)cc4C)nn3)n2)c(OC)c1. The number of aromatic nitrogens is 5. The van der Waals surface area contributed by atoms with Crippen LogP contribution in [0.3, 0.4) is 0 Å². The molecule has 3 aromatic heterocycles. The number of nitrogens with one attached hydrogen (secondary N) is 1. The number of benzene rings is 1. The highest BCUT2D eigenvalue weighted by Gasteiger charge is 2.13. The van der Waals surface area contributed by atoms with Crippen LogP contribution in [-0.4, -0.2) is 50.8 Å². The molecule has 0 saturated carbocycles. The first-order valence-electron chi connectivity index (χ1n) is 9.95. The summed E-state index contributed by atoms with van der Waals surface area (Å²) in [6, 6.07) is 11.2. The van der Waals surface area contributed by atoms with Crippen molar-refractivity contribution in [1.29, 1.82) is 0 Å². The Morgan fingerprint density at radius 1 is 1.12 bits per heavy atom. The minimum absolute atomic E-state index is 0.174. The maximum Gasteiger partial charge on any atom is 0.236 e. The van der Waals surface area contributed by atoms with E-state index in [4.69, 9.17) is 9.47 Å². The Bertz CT molecular complexity index is 1270. The molecule has 1 aromatic carbocycles. The number of carbonyl (C=O) groups excluding carboxylic acids is 1. The van der Waals surface area contributed by atoms with Crippen LogP contribution in [0.2, 0.25) is 0 Å². The number of anilines is 1. The van der Waals surface area contributed by atoms with Gasteiger partial charge in [0.1, 0.15) is 16.5 Å². The van der Waals surface area contributed by atoms with Crippen LogP contribution in [0.4, 0.5) is 5.13 Å². The highest BCUT2D eigenvalue weighted by atomic mass is 32.2. The maximum absolute atomic E-state index is 12.4. The summed E-state index contributed by atoms with van der Waals surface area (Å²) in [7, 11) is 3.20. The van der Waals surface area contributed by atoms with Gasteiger partial charge in [0, 0.05) is 22.7 Å². The van der Waals surface area contributed by atoms with Crippen molar-refractivity contribution in [2.24, 2.45) is 0 Å². The van der Waals surface area contributed by atoms with Crippen molar-refractivity contribution in [2.75, 3.05) is 25.3 Å². The van der Waals surface area contributed by atoms with Crippen LogP contribution in [0.25, 0.3) is 17.1 Å². The fourth-order valence-corrected chi connectivity index (χ4v) is 4.46. The molecule has 3 heterocycles. The number of hydrogen-bond acceptors (Lipinski definition) is 9. The van der Waals surface area contributed by atoms with Crippen LogP contribution >= 0.6 is 23.1 Å². The lowest BCUT2D eigenvalue weighted by Gasteiger charge is -2.08. The normalized spacial score (nSPS) is 10.8. The summed E-state index contributed by atoms with van der Waals surface area (Å²) in [5, 5.41) is 18.7. The van der Waals surface area contributed by atoms with Crippen LogP contribution < -0.4 is 14.8 Å². The highest BCUT2D eigenvalue weighted by molar-refractivity contribution is 7.99. The number of rotatable bonds is 8. The number of nitrogens with zero attached hydrogens (tertiary/aromatic N) is 5. The Kier molecular flexibility index (Phi) is 6.90. The van der Waals surface area contributed by atoms with Gasteiger partial charge in [-0.3, -0.25) is 4.79 Å². The number of amides is 1. The molecule has 0 aliphatic carbocycles. The van der Waals surface area contributed by atoms with Gasteiger partial charge in [-0.05, 0) is 44.2 Å². The lowest BCUT2D eigenvalue weighted by atomic mass is 10.1. The second kappa shape index (κ2) is 10.0. The second-order valence-corrected chi connectivity index (χ2v) is 8.86. The first-order chi connectivity index (χ1) is 16.0. The van der Waals surface area contributed by atoms with Crippen LogP contribution in [0.1, 0.15) is 11.4 Å². The van der Waals surface area contributed by atoms with E-state index in [-0.39, 0.29) is 11.7 Å². The van der Waals surface area contributed by atoms with Gasteiger partial charge in [-0.2, -0.15) is 5.10 Å². The average molecular weight is 483 g/mol. The molecule has 0 aliphatic rings. The summed E-state index contributed by atoms with van der Waals surface area (Å²) in [5.41, 5.74) is 3.44. The van der Waals surface area contributed by atoms with Gasteiger partial charge in [-0.25, -0.2) is 9.67 Å². The molecule has 33 heavy (non-hydrogen) atoms. The zero-order valence-electron chi connectivity index (χ0n) is 18.5. The van der Waals surface area contributed by atoms with E-state index in [1.54, 1.807) is 25.0 Å². The smallest absolute Gasteiger partial charge is 0.236 e. The van der Waals surface area contributed by atoms with Crippen molar-refractivity contribution >= 4 is 34.1 Å². The first kappa shape index (κ1) is 22.7. The summed E-state index contributed by atoms with van der Waals surface area (Å²) >= 11 is 2.65. The maximum atomic E-state index is 12.4. The molecule has 1 amide bonds. The molecule has 0 unspecified atom stereocenters. The molecule has 11 heteroatoms. The van der Waals surface area contributed by atoms with Crippen LogP contribution in [-0.2, 0) is 4.79 Å². The molecule has 4 rings (SSSR count). The number of hydrogen-bond donors (Lipinski definition) is 1. The average Bonchev–Trinajstić information content (AvgIpc) is 3.42. The fraction of sp³-hybridized carbons (Fsp3) is 0.227. The lowest BCUT2D eigenvalue weighted by molar-refractivity contribution is -0.113. The highest BCUT2D eigenvalue weighted by Crippen LogP contribution is 2.34. The van der Waals surface area contributed by atoms with Crippen LogP contribution in [0.15, 0.2) is 46.8 Å². The topological polar surface area (TPSA) is 104 Å². The van der Waals surface area contributed by atoms with E-state index in [9.17, 15) is 4.79 Å². The first-order valence-corrected chi connectivity index (χ1v) is 11.8. The molecule has 0 bridgehead atoms. The molecule has 0 spiro atoms. The summed E-state index contributed by atoms with van der Waals surface area (Å²) in [6.07, 6.45) is 0. The Morgan fingerprint density at radius 2 is 1.97 bits per heavy atom. The quantitative estimate of drug-likeness (QED) is 0.374. The van der Waals surface area contributed by atoms with Gasteiger partial charge in [0.2, 0.25) is 5.91 Å². The third kappa shape index (κ3) is 5.32. The van der Waals surface area contributed by atoms with Gasteiger partial charge in [-0.15, -0.1) is 21.5 Å². The fourth-order valence-electron chi connectivity index (χ4n) is 3.12. The van der Waals surface area contributed by atoms with Gasteiger partial charge in [0.15, 0.2) is 10.9 Å². The van der Waals surface area contributed by atoms with Crippen molar-refractivity contribution in [3.63, 3.8) is 0 Å². The van der Waals surface area contributed by atoms with Crippen LogP contribution in [0, 0.1) is 13.8 Å². The molecule has 1 N–H and O–H groups in total. The summed E-state index contributed by atoms with van der Waals surface area (Å²) < 4.78 is 12.4. The van der Waals surface area contributed by atoms with E-state index in [1.807, 2.05) is 49.6 Å². The Labute approximate surface area is 199 Å². The molecule has 9 nitrogen and oxygen atoms in total. The molecule has 0 fully saturated rings. The molecular formula is C22H22N6O3S2. The largest absolute Gasteiger partial charge is 0.497 e. The van der Waals surface area contributed by atoms with Gasteiger partial charge < -0.3 is 14.8 Å². The predicted molar refractivity (Wildman–Crippen MR) is 129 cm³/mol. The molecule has 170 valence electrons. The van der Waals surface area contributed by atoms with Crippen LogP contribution in [0.5, 0.6) is 11.5 Å². The molecule has 0 atom stereocenters. The van der Waals surface area contributed by atoms with Gasteiger partial charge >= 0.3 is 0 Å². The number of methoxy groups -OCH3 is 2. The number of ether oxygens (including phenoxy) is 2. The van der Waals surface area contributed by atoms with Gasteiger partial charge in [0.05, 0.1) is 31.4 Å². The number of carbonyl (C=O) groups is 1. The number of aryl methyl sites for hydroxylation is 2. The molecule has 0 saturated heterocycles. The van der Waals surface area contributed by atoms with E-state index in [0.717, 1.165) is 17.0 Å². The standard InChI is InChI=1S/C22H22N6O3S2/c1-13-9-14(2)28(27-13)19-7-8-21(26-25-19)32-12-20(29)24-22-23-17(11-33-22)16-6-5-15(30-3)10-18(16)31-4/h5-11H,12H2,1-4H3,(H,23,24,29). The zero-order valence-corrected chi connectivity index (χ0v) is 20.2. The monoisotopic (exact) mass is 482 g/mol. The van der Waals surface area contributed by atoms with E-state index in [2.05, 4.69) is 25.6 Å². The molecule has 0 aliphatic heterocycles. The van der Waals surface area contributed by atoms with Crippen molar-refractivity contribution < 1.29 is 14.3 Å². The summed E-state index contributed by atoms with van der Waals surface area (Å²) in [5.74, 6) is 2.00. The third-order valence-electron chi connectivity index (χ3n) is 4.64. The summed E-state index contributed by atoms with van der Waals surface area (Å²) in [6.45, 7) is 3.89. The third-order valence-corrected chi connectivity index (χ3v) is 6.32. The summed E-state index contributed by atoms with van der Waals surface area (Å²) in [4.78, 5) is 16.9. The Hall–Kier alpha value is -3.44. The van der Waals surface area contributed by atoms with Crippen molar-refractivity contribution in [1.82, 2.24) is 25.0 Å². The minimum atomic E-state index is -0.174. The minimum Gasteiger partial charge on any atom is -0.497 e. The molecule has 0 radical (unpaired) electrons. The molecular weight excluding hydrogens is 460 g/mol. The van der Waals surface area contributed by atoms with Crippen molar-refractivity contribution in [3.05, 3.63) is 53.2 Å². The zero-order chi connectivity index (χ0) is 23.4. The second-order valence-electron chi connectivity index (χ2n) is 7.01. The molecule has 4 aromatic rings. The van der Waals surface area contributed by atoms with Gasteiger partial charge in [0.25, 0.3) is 0 Å². The van der Waals surface area contributed by atoms with Crippen molar-refractivity contribution in [3.8, 4) is 28.6 Å². The van der Waals surface area contributed by atoms with E-state index < -0.39 is 0 Å². The van der Waals surface area contributed by atoms with Gasteiger partial charge in [-0.1, -0.05) is 11.8 Å². The Morgan fingerprint density at radius 3 is 2.64 bits per heavy atom. The predicted octanol–water partition coefficient (Wildman–Crippen LogP) is 4.15. The van der Waals surface area contributed by atoms with E-state index in [0.29, 0.717) is 33.2 Å². The van der Waals surface area contributed by atoms with E-state index in [1.165, 1.54) is 23.1 Å².